The van der Waals surface area contributed by atoms with Gasteiger partial charge in [-0.3, -0.25) is 0 Å². The summed E-state index contributed by atoms with van der Waals surface area (Å²) in [6.45, 7) is 8.32. The van der Waals surface area contributed by atoms with Gasteiger partial charge in [-0.1, -0.05) is 0 Å². The second-order valence-electron chi connectivity index (χ2n) is 4.98. The Morgan fingerprint density at radius 3 is 1.10 bits per heavy atom. The second kappa shape index (κ2) is 6.51. The number of benzene rings is 2. The lowest BCUT2D eigenvalue weighted by atomic mass is 10.1. The molecule has 0 saturated heterocycles. The van der Waals surface area contributed by atoms with Gasteiger partial charge in [0.15, 0.2) is 0 Å². The molecule has 0 bridgehead atoms. The highest BCUT2D eigenvalue weighted by Gasteiger charge is 2.06. The van der Waals surface area contributed by atoms with Crippen LogP contribution in [0, 0.1) is 34.8 Å². The number of hydrogen-bond donors (Lipinski definition) is 0. The minimum Gasteiger partial charge on any atom is -0.150 e. The lowest BCUT2D eigenvalue weighted by Gasteiger charge is -2.07. The highest BCUT2D eigenvalue weighted by Crippen LogP contribution is 2.31. The molecule has 0 heterocycles. The zero-order chi connectivity index (χ0) is 14.9. The van der Waals surface area contributed by atoms with Crippen LogP contribution in [0.5, 0.6) is 0 Å². The molecule has 4 heteroatoms. The van der Waals surface area contributed by atoms with Crippen molar-refractivity contribution in [3.63, 3.8) is 0 Å². The Balaban J connectivity index is 2.45. The van der Waals surface area contributed by atoms with E-state index in [0.717, 1.165) is 11.4 Å². The molecule has 20 heavy (non-hydrogen) atoms. The Hall–Kier alpha value is -0.500. The van der Waals surface area contributed by atoms with E-state index in [0.29, 0.717) is 0 Å². The van der Waals surface area contributed by atoms with Crippen molar-refractivity contribution in [2.75, 3.05) is 0 Å². The molecule has 0 radical (unpaired) electrons. The van der Waals surface area contributed by atoms with Crippen LogP contribution in [0.3, 0.4) is 0 Å². The van der Waals surface area contributed by atoms with Crippen molar-refractivity contribution < 1.29 is 0 Å². The molecule has 2 aromatic carbocycles. The van der Waals surface area contributed by atoms with E-state index in [-0.39, 0.29) is 0 Å². The lowest BCUT2D eigenvalue weighted by Crippen LogP contribution is -1.84. The predicted octanol–water partition coefficient (Wildman–Crippen LogP) is 6.54. The third-order valence-corrected chi connectivity index (χ3v) is 4.41. The molecule has 0 N–H and O–H groups in total. The van der Waals surface area contributed by atoms with Crippen molar-refractivity contribution in [3.8, 4) is 0 Å². The van der Waals surface area contributed by atoms with Gasteiger partial charge in [0.05, 0.1) is 11.4 Å². The molecule has 0 aliphatic heterocycles. The highest BCUT2D eigenvalue weighted by atomic mass is 127. The SMILES string of the molecule is Cc1cc(I)cc(C)c1N=Nc1c(C)cc(I)cc1C. The second-order valence-corrected chi connectivity index (χ2v) is 7.47. The summed E-state index contributed by atoms with van der Waals surface area (Å²) in [5.41, 5.74) is 6.61. The van der Waals surface area contributed by atoms with Gasteiger partial charge in [0.25, 0.3) is 0 Å². The Morgan fingerprint density at radius 1 is 0.600 bits per heavy atom. The van der Waals surface area contributed by atoms with Gasteiger partial charge in [0.2, 0.25) is 0 Å². The molecule has 0 aromatic heterocycles. The lowest BCUT2D eigenvalue weighted by molar-refractivity contribution is 1.15. The smallest absolute Gasteiger partial charge is 0.0916 e. The Labute approximate surface area is 147 Å². The first-order chi connectivity index (χ1) is 9.38. The maximum absolute atomic E-state index is 4.49. The van der Waals surface area contributed by atoms with Gasteiger partial charge in [0, 0.05) is 7.14 Å². The molecule has 0 fully saturated rings. The summed E-state index contributed by atoms with van der Waals surface area (Å²) in [6.07, 6.45) is 0. The topological polar surface area (TPSA) is 24.7 Å². The van der Waals surface area contributed by atoms with Crippen LogP contribution in [0.4, 0.5) is 11.4 Å². The van der Waals surface area contributed by atoms with Crippen LogP contribution in [0.25, 0.3) is 0 Å². The summed E-state index contributed by atoms with van der Waals surface area (Å²) in [5, 5.41) is 8.97. The fourth-order valence-corrected chi connectivity index (χ4v) is 4.09. The average Bonchev–Trinajstić information content (AvgIpc) is 2.30. The van der Waals surface area contributed by atoms with E-state index in [1.165, 1.54) is 29.4 Å². The summed E-state index contributed by atoms with van der Waals surface area (Å²) < 4.78 is 2.47. The van der Waals surface area contributed by atoms with E-state index < -0.39 is 0 Å². The van der Waals surface area contributed by atoms with Crippen LogP contribution in [-0.2, 0) is 0 Å². The average molecular weight is 490 g/mol. The van der Waals surface area contributed by atoms with Gasteiger partial charge >= 0.3 is 0 Å². The van der Waals surface area contributed by atoms with E-state index in [4.69, 9.17) is 0 Å². The summed E-state index contributed by atoms with van der Waals surface area (Å²) >= 11 is 4.66. The fourth-order valence-electron chi connectivity index (χ4n) is 2.22. The maximum Gasteiger partial charge on any atom is 0.0916 e. The first-order valence-corrected chi connectivity index (χ1v) is 8.49. The zero-order valence-electron chi connectivity index (χ0n) is 12.0. The standard InChI is InChI=1S/C16H16I2N2/c1-9-5-13(17)6-10(2)15(9)19-20-16-11(3)7-14(18)8-12(16)4/h5-8H,1-4H3. The molecule has 104 valence electrons. The van der Waals surface area contributed by atoms with E-state index in [2.05, 4.69) is 107 Å². The zero-order valence-corrected chi connectivity index (χ0v) is 16.3. The van der Waals surface area contributed by atoms with Crippen molar-refractivity contribution >= 4 is 56.6 Å². The van der Waals surface area contributed by atoms with Crippen LogP contribution in [0.1, 0.15) is 22.3 Å². The molecule has 0 amide bonds. The number of rotatable bonds is 2. The number of hydrogen-bond acceptors (Lipinski definition) is 2. The van der Waals surface area contributed by atoms with Gasteiger partial charge in [0.1, 0.15) is 0 Å². The summed E-state index contributed by atoms with van der Waals surface area (Å²) in [7, 11) is 0. The third kappa shape index (κ3) is 3.58. The molecular weight excluding hydrogens is 474 g/mol. The third-order valence-electron chi connectivity index (χ3n) is 3.16. The van der Waals surface area contributed by atoms with Crippen molar-refractivity contribution in [1.82, 2.24) is 0 Å². The minimum atomic E-state index is 0.975. The molecule has 0 saturated carbocycles. The molecule has 0 unspecified atom stereocenters. The van der Waals surface area contributed by atoms with Crippen LogP contribution in [-0.4, -0.2) is 0 Å². The fraction of sp³-hybridized carbons (Fsp3) is 0.250. The van der Waals surface area contributed by atoms with Crippen molar-refractivity contribution in [2.24, 2.45) is 10.2 Å². The summed E-state index contributed by atoms with van der Waals surface area (Å²) in [4.78, 5) is 0. The molecular formula is C16H16I2N2. The Bertz CT molecular complexity index is 585. The van der Waals surface area contributed by atoms with Gasteiger partial charge in [-0.25, -0.2) is 0 Å². The minimum absolute atomic E-state index is 0.975. The van der Waals surface area contributed by atoms with Gasteiger partial charge in [-0.15, -0.1) is 10.2 Å². The predicted molar refractivity (Wildman–Crippen MR) is 101 cm³/mol. The van der Waals surface area contributed by atoms with E-state index >= 15 is 0 Å². The van der Waals surface area contributed by atoms with Crippen molar-refractivity contribution in [3.05, 3.63) is 53.7 Å². The molecule has 0 aliphatic carbocycles. The first kappa shape index (κ1) is 15.9. The normalized spacial score (nSPS) is 11.3. The van der Waals surface area contributed by atoms with Crippen LogP contribution in [0.15, 0.2) is 34.5 Å². The highest BCUT2D eigenvalue weighted by molar-refractivity contribution is 14.1. The molecule has 0 spiro atoms. The molecule has 2 aromatic rings. The van der Waals surface area contributed by atoms with Crippen LogP contribution < -0.4 is 0 Å². The van der Waals surface area contributed by atoms with E-state index in [9.17, 15) is 0 Å². The number of aryl methyl sites for hydroxylation is 4. The van der Waals surface area contributed by atoms with Crippen molar-refractivity contribution in [2.45, 2.75) is 27.7 Å². The Morgan fingerprint density at radius 2 is 0.850 bits per heavy atom. The van der Waals surface area contributed by atoms with Crippen molar-refractivity contribution in [1.29, 1.82) is 0 Å². The summed E-state index contributed by atoms with van der Waals surface area (Å²) in [5.74, 6) is 0. The number of halogens is 2. The first-order valence-electron chi connectivity index (χ1n) is 6.33. The van der Waals surface area contributed by atoms with E-state index in [1.807, 2.05) is 0 Å². The van der Waals surface area contributed by atoms with Crippen LogP contribution >= 0.6 is 45.2 Å². The van der Waals surface area contributed by atoms with Gasteiger partial charge < -0.3 is 0 Å². The maximum atomic E-state index is 4.49. The monoisotopic (exact) mass is 490 g/mol. The number of azo groups is 1. The summed E-state index contributed by atoms with van der Waals surface area (Å²) in [6, 6.07) is 8.54. The molecule has 0 atom stereocenters. The van der Waals surface area contributed by atoms with E-state index in [1.54, 1.807) is 0 Å². The Kier molecular flexibility index (Phi) is 5.17. The van der Waals surface area contributed by atoms with Crippen LogP contribution in [0.2, 0.25) is 0 Å². The molecule has 2 nitrogen and oxygen atoms in total. The largest absolute Gasteiger partial charge is 0.150 e. The quantitative estimate of drug-likeness (QED) is 0.337. The van der Waals surface area contributed by atoms with Gasteiger partial charge in [-0.2, -0.15) is 0 Å². The van der Waals surface area contributed by atoms with Gasteiger partial charge in [-0.05, 0) is 119 Å². The molecule has 0 aliphatic rings. The number of nitrogens with zero attached hydrogens (tertiary/aromatic N) is 2. The molecule has 2 rings (SSSR count).